The van der Waals surface area contributed by atoms with Crippen LogP contribution in [0.5, 0.6) is 0 Å². The predicted octanol–water partition coefficient (Wildman–Crippen LogP) is 0.337. The summed E-state index contributed by atoms with van der Waals surface area (Å²) in [5.74, 6) is 0. The summed E-state index contributed by atoms with van der Waals surface area (Å²) in [6, 6.07) is 0.366. The molecule has 0 radical (unpaired) electrons. The first kappa shape index (κ1) is 7.76. The summed E-state index contributed by atoms with van der Waals surface area (Å²) in [6.07, 6.45) is 4.59. The van der Waals surface area contributed by atoms with Crippen LogP contribution in [0.3, 0.4) is 0 Å². The number of aliphatic hydroxyl groups excluding tert-OH is 1. The molecule has 0 amide bonds. The van der Waals surface area contributed by atoms with Crippen LogP contribution in [0.25, 0.3) is 0 Å². The molecule has 1 aliphatic rings. The van der Waals surface area contributed by atoms with E-state index in [4.69, 9.17) is 9.84 Å². The molecule has 12 heavy (non-hydrogen) atoms. The Labute approximate surface area is 70.8 Å². The number of aromatic nitrogens is 2. The molecule has 1 fully saturated rings. The highest BCUT2D eigenvalue weighted by Crippen LogP contribution is 2.17. The number of hydrogen-bond donors (Lipinski definition) is 1. The van der Waals surface area contributed by atoms with Gasteiger partial charge in [0, 0.05) is 18.4 Å². The van der Waals surface area contributed by atoms with Gasteiger partial charge in [0.25, 0.3) is 0 Å². The van der Waals surface area contributed by atoms with Gasteiger partial charge in [-0.2, -0.15) is 5.10 Å². The van der Waals surface area contributed by atoms with E-state index in [9.17, 15) is 0 Å². The van der Waals surface area contributed by atoms with E-state index in [-0.39, 0.29) is 6.61 Å². The van der Waals surface area contributed by atoms with E-state index in [0.29, 0.717) is 6.04 Å². The normalized spacial score (nSPS) is 23.2. The molecule has 1 aliphatic heterocycles. The first-order valence-corrected chi connectivity index (χ1v) is 4.12. The van der Waals surface area contributed by atoms with Gasteiger partial charge in [0.15, 0.2) is 0 Å². The van der Waals surface area contributed by atoms with E-state index in [1.54, 1.807) is 6.20 Å². The largest absolute Gasteiger partial charge is 0.392 e. The quantitative estimate of drug-likeness (QED) is 0.692. The molecule has 4 nitrogen and oxygen atoms in total. The summed E-state index contributed by atoms with van der Waals surface area (Å²) in [4.78, 5) is 0. The average molecular weight is 168 g/mol. The van der Waals surface area contributed by atoms with Crippen LogP contribution < -0.4 is 0 Å². The van der Waals surface area contributed by atoms with Crippen LogP contribution in [0.15, 0.2) is 12.4 Å². The zero-order valence-electron chi connectivity index (χ0n) is 6.81. The predicted molar refractivity (Wildman–Crippen MR) is 42.6 cm³/mol. The molecular formula is C8H12N2O2. The van der Waals surface area contributed by atoms with Gasteiger partial charge in [-0.1, -0.05) is 0 Å². The molecule has 2 heterocycles. The van der Waals surface area contributed by atoms with Crippen LogP contribution >= 0.6 is 0 Å². The Morgan fingerprint density at radius 2 is 2.67 bits per heavy atom. The van der Waals surface area contributed by atoms with Gasteiger partial charge in [-0.25, -0.2) is 0 Å². The summed E-state index contributed by atoms with van der Waals surface area (Å²) < 4.78 is 7.10. The van der Waals surface area contributed by atoms with Gasteiger partial charge < -0.3 is 9.84 Å². The van der Waals surface area contributed by atoms with Gasteiger partial charge in [0.05, 0.1) is 25.5 Å². The lowest BCUT2D eigenvalue weighted by Crippen LogP contribution is -2.08. The van der Waals surface area contributed by atoms with Gasteiger partial charge in [0.1, 0.15) is 0 Å². The van der Waals surface area contributed by atoms with E-state index in [1.165, 1.54) is 0 Å². The molecule has 1 aromatic heterocycles. The summed E-state index contributed by atoms with van der Waals surface area (Å²) in [5.41, 5.74) is 0.863. The molecule has 66 valence electrons. The number of hydrogen-bond acceptors (Lipinski definition) is 3. The molecule has 0 aromatic carbocycles. The minimum Gasteiger partial charge on any atom is -0.392 e. The van der Waals surface area contributed by atoms with Crippen molar-refractivity contribution >= 4 is 0 Å². The van der Waals surface area contributed by atoms with Gasteiger partial charge in [0.2, 0.25) is 0 Å². The lowest BCUT2D eigenvalue weighted by atomic mass is 10.3. The third-order valence-electron chi connectivity index (χ3n) is 2.12. The number of aliphatic hydroxyl groups is 1. The Morgan fingerprint density at radius 3 is 3.25 bits per heavy atom. The summed E-state index contributed by atoms with van der Waals surface area (Å²) in [5, 5.41) is 13.0. The van der Waals surface area contributed by atoms with Crippen molar-refractivity contribution in [2.24, 2.45) is 0 Å². The fraction of sp³-hybridized carbons (Fsp3) is 0.625. The molecule has 0 spiro atoms. The molecule has 1 saturated heterocycles. The van der Waals surface area contributed by atoms with Gasteiger partial charge >= 0.3 is 0 Å². The van der Waals surface area contributed by atoms with Crippen LogP contribution in [-0.2, 0) is 11.3 Å². The molecule has 1 aromatic rings. The SMILES string of the molecule is OCc1cnn(C2CCOC2)c1. The first-order valence-electron chi connectivity index (χ1n) is 4.12. The lowest BCUT2D eigenvalue weighted by molar-refractivity contribution is 0.184. The molecule has 1 atom stereocenters. The second-order valence-electron chi connectivity index (χ2n) is 3.00. The Morgan fingerprint density at radius 1 is 1.75 bits per heavy atom. The van der Waals surface area contributed by atoms with Crippen molar-refractivity contribution in [2.75, 3.05) is 13.2 Å². The van der Waals surface area contributed by atoms with Crippen LogP contribution in [0, 0.1) is 0 Å². The molecule has 1 N–H and O–H groups in total. The maximum Gasteiger partial charge on any atom is 0.0774 e. The second-order valence-corrected chi connectivity index (χ2v) is 3.00. The number of rotatable bonds is 2. The number of ether oxygens (including phenoxy) is 1. The van der Waals surface area contributed by atoms with E-state index in [0.717, 1.165) is 25.2 Å². The molecule has 1 unspecified atom stereocenters. The average Bonchev–Trinajstić information content (AvgIpc) is 2.75. The van der Waals surface area contributed by atoms with Crippen molar-refractivity contribution in [1.82, 2.24) is 9.78 Å². The molecule has 0 bridgehead atoms. The van der Waals surface area contributed by atoms with Crippen LogP contribution in [-0.4, -0.2) is 28.1 Å². The van der Waals surface area contributed by atoms with E-state index in [1.807, 2.05) is 10.9 Å². The van der Waals surface area contributed by atoms with Gasteiger partial charge in [-0.05, 0) is 6.42 Å². The summed E-state index contributed by atoms with van der Waals surface area (Å²) in [6.45, 7) is 1.62. The van der Waals surface area contributed by atoms with Crippen LogP contribution in [0.2, 0.25) is 0 Å². The third kappa shape index (κ3) is 1.35. The maximum atomic E-state index is 8.81. The highest BCUT2D eigenvalue weighted by atomic mass is 16.5. The second kappa shape index (κ2) is 3.25. The van der Waals surface area contributed by atoms with Crippen molar-refractivity contribution in [3.8, 4) is 0 Å². The molecule has 0 saturated carbocycles. The Hall–Kier alpha value is -0.870. The highest BCUT2D eigenvalue weighted by molar-refractivity contribution is 5.02. The third-order valence-corrected chi connectivity index (χ3v) is 2.12. The zero-order valence-corrected chi connectivity index (χ0v) is 6.81. The zero-order chi connectivity index (χ0) is 8.39. The topological polar surface area (TPSA) is 47.3 Å². The minimum absolute atomic E-state index is 0.0631. The lowest BCUT2D eigenvalue weighted by Gasteiger charge is -2.06. The van der Waals surface area contributed by atoms with Gasteiger partial charge in [-0.3, -0.25) is 4.68 Å². The van der Waals surface area contributed by atoms with Crippen molar-refractivity contribution in [3.05, 3.63) is 18.0 Å². The molecular weight excluding hydrogens is 156 g/mol. The van der Waals surface area contributed by atoms with Gasteiger partial charge in [-0.15, -0.1) is 0 Å². The van der Waals surface area contributed by atoms with Crippen LogP contribution in [0.1, 0.15) is 18.0 Å². The standard InChI is InChI=1S/C8H12N2O2/c11-5-7-3-9-10(4-7)8-1-2-12-6-8/h3-4,8,11H,1-2,5-6H2. The Bertz CT molecular complexity index is 253. The van der Waals surface area contributed by atoms with Crippen molar-refractivity contribution in [2.45, 2.75) is 19.1 Å². The van der Waals surface area contributed by atoms with E-state index in [2.05, 4.69) is 5.10 Å². The fourth-order valence-corrected chi connectivity index (χ4v) is 1.39. The Kier molecular flexibility index (Phi) is 2.10. The fourth-order valence-electron chi connectivity index (χ4n) is 1.39. The van der Waals surface area contributed by atoms with Crippen LogP contribution in [0.4, 0.5) is 0 Å². The van der Waals surface area contributed by atoms with E-state index < -0.39 is 0 Å². The minimum atomic E-state index is 0.0631. The molecule has 0 aliphatic carbocycles. The van der Waals surface area contributed by atoms with Crippen molar-refractivity contribution in [1.29, 1.82) is 0 Å². The van der Waals surface area contributed by atoms with Crippen molar-refractivity contribution in [3.63, 3.8) is 0 Å². The maximum absolute atomic E-state index is 8.81. The number of nitrogens with zero attached hydrogens (tertiary/aromatic N) is 2. The monoisotopic (exact) mass is 168 g/mol. The van der Waals surface area contributed by atoms with Crippen molar-refractivity contribution < 1.29 is 9.84 Å². The first-order chi connectivity index (χ1) is 5.90. The van der Waals surface area contributed by atoms with E-state index >= 15 is 0 Å². The smallest absolute Gasteiger partial charge is 0.0774 e. The Balaban J connectivity index is 2.11. The molecule has 2 rings (SSSR count). The summed E-state index contributed by atoms with van der Waals surface area (Å²) in [7, 11) is 0. The molecule has 4 heteroatoms. The highest BCUT2D eigenvalue weighted by Gasteiger charge is 2.17. The summed E-state index contributed by atoms with van der Waals surface area (Å²) >= 11 is 0.